The minimum atomic E-state index is -0.308. The maximum atomic E-state index is 13.2. The molecule has 3 rings (SSSR count). The van der Waals surface area contributed by atoms with Crippen molar-refractivity contribution >= 4 is 16.9 Å². The minimum absolute atomic E-state index is 0.0481. The molecule has 0 bridgehead atoms. The second-order valence-electron chi connectivity index (χ2n) is 5.39. The quantitative estimate of drug-likeness (QED) is 0.753. The summed E-state index contributed by atoms with van der Waals surface area (Å²) in [6.45, 7) is 0.436. The Morgan fingerprint density at radius 2 is 2.25 bits per heavy atom. The third-order valence-corrected chi connectivity index (χ3v) is 3.60. The van der Waals surface area contributed by atoms with Crippen molar-refractivity contribution in [2.45, 2.75) is 6.42 Å². The van der Waals surface area contributed by atoms with E-state index < -0.39 is 0 Å². The second-order valence-corrected chi connectivity index (χ2v) is 5.39. The van der Waals surface area contributed by atoms with Crippen molar-refractivity contribution < 1.29 is 13.9 Å². The van der Waals surface area contributed by atoms with E-state index in [1.807, 2.05) is 0 Å². The molecule has 0 aliphatic rings. The van der Waals surface area contributed by atoms with Gasteiger partial charge < -0.3 is 14.6 Å². The van der Waals surface area contributed by atoms with Crippen LogP contribution in [0.3, 0.4) is 0 Å². The maximum absolute atomic E-state index is 13.2. The summed E-state index contributed by atoms with van der Waals surface area (Å²) in [5.41, 5.74) is 1.36. The highest BCUT2D eigenvalue weighted by Crippen LogP contribution is 2.13. The van der Waals surface area contributed by atoms with E-state index in [1.54, 1.807) is 42.5 Å². The highest BCUT2D eigenvalue weighted by atomic mass is 19.1. The first-order chi connectivity index (χ1) is 11.6. The van der Waals surface area contributed by atoms with Gasteiger partial charge in [0.25, 0.3) is 5.91 Å². The predicted octanol–water partition coefficient (Wildman–Crippen LogP) is 2.18. The Morgan fingerprint density at radius 3 is 3.04 bits per heavy atom. The first kappa shape index (κ1) is 15.9. The van der Waals surface area contributed by atoms with Crippen molar-refractivity contribution in [1.82, 2.24) is 19.9 Å². The number of pyridine rings is 1. The lowest BCUT2D eigenvalue weighted by Crippen LogP contribution is -2.33. The highest BCUT2D eigenvalue weighted by Gasteiger charge is 2.11. The number of carbonyl (C=O) groups is 1. The Balaban J connectivity index is 1.52. The van der Waals surface area contributed by atoms with Crippen LogP contribution in [0.4, 0.5) is 4.39 Å². The molecule has 0 radical (unpaired) electrons. The number of benzene rings is 1. The molecule has 6 nitrogen and oxygen atoms in total. The fraction of sp³-hybridized carbons (Fsp3) is 0.235. The molecule has 1 amide bonds. The lowest BCUT2D eigenvalue weighted by molar-refractivity contribution is -0.132. The molecule has 0 unspecified atom stereocenters. The van der Waals surface area contributed by atoms with Gasteiger partial charge in [0.15, 0.2) is 6.61 Å². The summed E-state index contributed by atoms with van der Waals surface area (Å²) in [5.74, 6) is 0.820. The van der Waals surface area contributed by atoms with E-state index in [0.717, 1.165) is 0 Å². The number of aromatic nitrogens is 3. The summed E-state index contributed by atoms with van der Waals surface area (Å²) >= 11 is 0. The molecule has 0 saturated heterocycles. The standard InChI is InChI=1S/C17H17FN4O2/c1-22(17(23)11-24-13-3-2-7-19-10-13)8-6-16-20-14-5-4-12(18)9-15(14)21-16/h2-5,7,9-10H,6,8,11H2,1H3,(H,20,21). The van der Waals surface area contributed by atoms with Gasteiger partial charge in [0.05, 0.1) is 17.2 Å². The Morgan fingerprint density at radius 1 is 1.38 bits per heavy atom. The zero-order valence-corrected chi connectivity index (χ0v) is 13.2. The van der Waals surface area contributed by atoms with E-state index in [-0.39, 0.29) is 18.3 Å². The molecule has 124 valence electrons. The topological polar surface area (TPSA) is 71.1 Å². The van der Waals surface area contributed by atoms with Gasteiger partial charge in [-0.3, -0.25) is 9.78 Å². The molecule has 0 spiro atoms. The summed E-state index contributed by atoms with van der Waals surface area (Å²) in [7, 11) is 1.71. The Hall–Kier alpha value is -2.96. The van der Waals surface area contributed by atoms with Crippen molar-refractivity contribution in [2.75, 3.05) is 20.2 Å². The summed E-state index contributed by atoms with van der Waals surface area (Å²) in [5, 5.41) is 0. The van der Waals surface area contributed by atoms with Crippen LogP contribution in [0.5, 0.6) is 5.75 Å². The highest BCUT2D eigenvalue weighted by molar-refractivity contribution is 5.77. The molecule has 2 heterocycles. The van der Waals surface area contributed by atoms with Crippen molar-refractivity contribution in [3.05, 3.63) is 54.4 Å². The van der Waals surface area contributed by atoms with Gasteiger partial charge >= 0.3 is 0 Å². The summed E-state index contributed by atoms with van der Waals surface area (Å²) in [6.07, 6.45) is 3.74. The van der Waals surface area contributed by atoms with Gasteiger partial charge in [0.1, 0.15) is 17.4 Å². The van der Waals surface area contributed by atoms with Crippen molar-refractivity contribution in [3.8, 4) is 5.75 Å². The summed E-state index contributed by atoms with van der Waals surface area (Å²) in [6, 6.07) is 7.89. The van der Waals surface area contributed by atoms with E-state index in [2.05, 4.69) is 15.0 Å². The number of fused-ring (bicyclic) bond motifs is 1. The van der Waals surface area contributed by atoms with Crippen LogP contribution in [0.1, 0.15) is 5.82 Å². The van der Waals surface area contributed by atoms with Crippen molar-refractivity contribution in [1.29, 1.82) is 0 Å². The number of hydrogen-bond donors (Lipinski definition) is 1. The van der Waals surface area contributed by atoms with Crippen LogP contribution in [-0.4, -0.2) is 46.0 Å². The molecule has 0 fully saturated rings. The van der Waals surface area contributed by atoms with Gasteiger partial charge in [0, 0.05) is 26.2 Å². The van der Waals surface area contributed by atoms with E-state index in [0.29, 0.717) is 35.6 Å². The van der Waals surface area contributed by atoms with E-state index in [1.165, 1.54) is 12.1 Å². The SMILES string of the molecule is CN(CCc1nc2ccc(F)cc2[nH]1)C(=O)COc1cccnc1. The Labute approximate surface area is 138 Å². The van der Waals surface area contributed by atoms with E-state index >= 15 is 0 Å². The number of imidazole rings is 1. The first-order valence-electron chi connectivity index (χ1n) is 7.53. The molecular formula is C17H17FN4O2. The first-order valence-corrected chi connectivity index (χ1v) is 7.53. The van der Waals surface area contributed by atoms with Gasteiger partial charge in [0.2, 0.25) is 0 Å². The van der Waals surface area contributed by atoms with Crippen LogP contribution < -0.4 is 4.74 Å². The number of likely N-dealkylation sites (N-methyl/N-ethyl adjacent to an activating group) is 1. The average Bonchev–Trinajstić information content (AvgIpc) is 3.00. The minimum Gasteiger partial charge on any atom is -0.482 e. The number of ether oxygens (including phenoxy) is 1. The molecule has 3 aromatic rings. The van der Waals surface area contributed by atoms with Crippen LogP contribution in [0.2, 0.25) is 0 Å². The van der Waals surface area contributed by atoms with E-state index in [9.17, 15) is 9.18 Å². The molecule has 0 aliphatic carbocycles. The van der Waals surface area contributed by atoms with Crippen LogP contribution >= 0.6 is 0 Å². The summed E-state index contributed by atoms with van der Waals surface area (Å²) in [4.78, 5) is 25.0. The number of carbonyl (C=O) groups excluding carboxylic acids is 1. The number of hydrogen-bond acceptors (Lipinski definition) is 4. The van der Waals surface area contributed by atoms with Crippen LogP contribution in [0, 0.1) is 5.82 Å². The van der Waals surface area contributed by atoms with Crippen molar-refractivity contribution in [3.63, 3.8) is 0 Å². The smallest absolute Gasteiger partial charge is 0.260 e. The zero-order chi connectivity index (χ0) is 16.9. The molecule has 1 aromatic carbocycles. The van der Waals surface area contributed by atoms with Crippen LogP contribution in [-0.2, 0) is 11.2 Å². The number of amides is 1. The van der Waals surface area contributed by atoms with Gasteiger partial charge in [-0.1, -0.05) is 0 Å². The van der Waals surface area contributed by atoms with E-state index in [4.69, 9.17) is 4.74 Å². The van der Waals surface area contributed by atoms with Gasteiger partial charge in [-0.05, 0) is 30.3 Å². The number of rotatable bonds is 6. The van der Waals surface area contributed by atoms with Gasteiger partial charge in [-0.2, -0.15) is 0 Å². The molecule has 0 aliphatic heterocycles. The Bertz CT molecular complexity index is 835. The number of H-pyrrole nitrogens is 1. The molecule has 1 N–H and O–H groups in total. The van der Waals surface area contributed by atoms with Crippen molar-refractivity contribution in [2.24, 2.45) is 0 Å². The third kappa shape index (κ3) is 3.87. The fourth-order valence-corrected chi connectivity index (χ4v) is 2.24. The monoisotopic (exact) mass is 328 g/mol. The molecule has 24 heavy (non-hydrogen) atoms. The van der Waals surface area contributed by atoms with Crippen LogP contribution in [0.25, 0.3) is 11.0 Å². The lowest BCUT2D eigenvalue weighted by Gasteiger charge is -2.16. The summed E-state index contributed by atoms with van der Waals surface area (Å²) < 4.78 is 18.6. The average molecular weight is 328 g/mol. The molecule has 0 atom stereocenters. The molecule has 7 heteroatoms. The lowest BCUT2D eigenvalue weighted by atomic mass is 10.3. The fourth-order valence-electron chi connectivity index (χ4n) is 2.24. The van der Waals surface area contributed by atoms with Gasteiger partial charge in [-0.15, -0.1) is 0 Å². The number of nitrogens with one attached hydrogen (secondary N) is 1. The number of aromatic amines is 1. The largest absolute Gasteiger partial charge is 0.482 e. The van der Waals surface area contributed by atoms with Crippen LogP contribution in [0.15, 0.2) is 42.7 Å². The zero-order valence-electron chi connectivity index (χ0n) is 13.2. The number of nitrogens with zero attached hydrogens (tertiary/aromatic N) is 3. The second kappa shape index (κ2) is 7.08. The molecule has 0 saturated carbocycles. The maximum Gasteiger partial charge on any atom is 0.260 e. The van der Waals surface area contributed by atoms with Gasteiger partial charge in [-0.25, -0.2) is 9.37 Å². The molecule has 2 aromatic heterocycles. The molecular weight excluding hydrogens is 311 g/mol. The Kier molecular flexibility index (Phi) is 4.69. The predicted molar refractivity (Wildman–Crippen MR) is 87.1 cm³/mol. The normalized spacial score (nSPS) is 10.8. The number of halogens is 1. The third-order valence-electron chi connectivity index (χ3n) is 3.60.